The first-order chi connectivity index (χ1) is 16.0. The van der Waals surface area contributed by atoms with Crippen LogP contribution >= 0.6 is 0 Å². The Morgan fingerprint density at radius 1 is 1.06 bits per heavy atom. The van der Waals surface area contributed by atoms with Gasteiger partial charge in [0.2, 0.25) is 5.88 Å². The lowest BCUT2D eigenvalue weighted by Gasteiger charge is -2.11. The van der Waals surface area contributed by atoms with Gasteiger partial charge in [0.25, 0.3) is 5.91 Å². The van der Waals surface area contributed by atoms with E-state index in [1.165, 1.54) is 0 Å². The highest BCUT2D eigenvalue weighted by molar-refractivity contribution is 6.08. The van der Waals surface area contributed by atoms with E-state index in [1.807, 2.05) is 61.7 Å². The maximum atomic E-state index is 13.2. The van der Waals surface area contributed by atoms with E-state index in [1.54, 1.807) is 31.5 Å². The smallest absolute Gasteiger partial charge is 0.272 e. The van der Waals surface area contributed by atoms with Gasteiger partial charge in [-0.05, 0) is 62.7 Å². The van der Waals surface area contributed by atoms with Crippen molar-refractivity contribution >= 4 is 22.5 Å². The van der Waals surface area contributed by atoms with E-state index in [4.69, 9.17) is 14.2 Å². The Kier molecular flexibility index (Phi) is 6.49. The summed E-state index contributed by atoms with van der Waals surface area (Å²) in [7, 11) is 1.59. The van der Waals surface area contributed by atoms with Gasteiger partial charge in [0, 0.05) is 23.5 Å². The molecule has 0 fully saturated rings. The summed E-state index contributed by atoms with van der Waals surface area (Å²) in [5.41, 5.74) is 3.11. The lowest BCUT2D eigenvalue weighted by molar-refractivity contribution is 0.101. The number of para-hydroxylation sites is 2. The van der Waals surface area contributed by atoms with Gasteiger partial charge in [-0.3, -0.25) is 4.79 Å². The van der Waals surface area contributed by atoms with Gasteiger partial charge in [-0.25, -0.2) is 4.98 Å². The van der Waals surface area contributed by atoms with Gasteiger partial charge in [-0.2, -0.15) is 0 Å². The molecule has 0 bridgehead atoms. The number of hydrogen-bond donors (Lipinski definition) is 1. The van der Waals surface area contributed by atoms with Gasteiger partial charge >= 0.3 is 0 Å². The monoisotopic (exact) mass is 445 g/mol. The third-order valence-electron chi connectivity index (χ3n) is 5.41. The summed E-state index contributed by atoms with van der Waals surface area (Å²) in [6.07, 6.45) is 1.57. The van der Waals surface area contributed by atoms with Crippen molar-refractivity contribution in [2.45, 2.75) is 27.3 Å². The van der Waals surface area contributed by atoms with Crippen LogP contribution in [0.15, 0.2) is 60.8 Å². The summed E-state index contributed by atoms with van der Waals surface area (Å²) in [4.78, 5) is 17.5. The molecule has 0 aliphatic rings. The molecule has 7 nitrogen and oxygen atoms in total. The van der Waals surface area contributed by atoms with Crippen LogP contribution < -0.4 is 19.5 Å². The number of rotatable bonds is 8. The van der Waals surface area contributed by atoms with Crippen molar-refractivity contribution in [1.82, 2.24) is 9.55 Å². The fourth-order valence-corrected chi connectivity index (χ4v) is 3.90. The van der Waals surface area contributed by atoms with Gasteiger partial charge in [0.1, 0.15) is 11.4 Å². The van der Waals surface area contributed by atoms with Crippen molar-refractivity contribution in [1.29, 1.82) is 0 Å². The van der Waals surface area contributed by atoms with Gasteiger partial charge in [0.15, 0.2) is 11.5 Å². The molecular formula is C26H27N3O4. The van der Waals surface area contributed by atoms with Crippen LogP contribution in [0.1, 0.15) is 29.9 Å². The number of methoxy groups -OCH3 is 1. The third kappa shape index (κ3) is 4.48. The van der Waals surface area contributed by atoms with Gasteiger partial charge < -0.3 is 24.1 Å². The number of anilines is 1. The summed E-state index contributed by atoms with van der Waals surface area (Å²) in [5.74, 6) is 2.19. The van der Waals surface area contributed by atoms with E-state index in [-0.39, 0.29) is 5.91 Å². The molecular weight excluding hydrogens is 418 g/mol. The number of ether oxygens (including phenoxy) is 3. The highest BCUT2D eigenvalue weighted by Crippen LogP contribution is 2.31. The van der Waals surface area contributed by atoms with E-state index in [0.29, 0.717) is 41.9 Å². The molecule has 0 aliphatic heterocycles. The fourth-order valence-electron chi connectivity index (χ4n) is 3.90. The largest absolute Gasteiger partial charge is 0.494 e. The summed E-state index contributed by atoms with van der Waals surface area (Å²) in [6, 6.07) is 16.7. The maximum absolute atomic E-state index is 13.2. The summed E-state index contributed by atoms with van der Waals surface area (Å²) < 4.78 is 18.8. The number of aromatic nitrogens is 2. The maximum Gasteiger partial charge on any atom is 0.272 e. The molecule has 0 radical (unpaired) electrons. The SMILES string of the molecule is CCOc1ccc2c(c1)c(C)c(C(=O)Nc1ccc(Oc3ccccc3OC)nc1)n2CC. The number of pyridine rings is 1. The first-order valence-corrected chi connectivity index (χ1v) is 10.9. The Bertz CT molecular complexity index is 1280. The zero-order valence-electron chi connectivity index (χ0n) is 19.2. The topological polar surface area (TPSA) is 74.6 Å². The van der Waals surface area contributed by atoms with Crippen LogP contribution in [0.2, 0.25) is 0 Å². The number of amides is 1. The lowest BCUT2D eigenvalue weighted by Crippen LogP contribution is -2.18. The van der Waals surface area contributed by atoms with Crippen molar-refractivity contribution in [3.05, 3.63) is 72.1 Å². The van der Waals surface area contributed by atoms with Crippen LogP contribution in [0.25, 0.3) is 10.9 Å². The third-order valence-corrected chi connectivity index (χ3v) is 5.41. The van der Waals surface area contributed by atoms with Crippen LogP contribution in [0.3, 0.4) is 0 Å². The van der Waals surface area contributed by atoms with Crippen LogP contribution in [0, 0.1) is 6.92 Å². The molecule has 2 aromatic carbocycles. The minimum absolute atomic E-state index is 0.191. The van der Waals surface area contributed by atoms with Crippen LogP contribution in [0.5, 0.6) is 23.1 Å². The summed E-state index contributed by atoms with van der Waals surface area (Å²) >= 11 is 0. The second-order valence-electron chi connectivity index (χ2n) is 7.42. The highest BCUT2D eigenvalue weighted by atomic mass is 16.5. The molecule has 2 heterocycles. The van der Waals surface area contributed by atoms with Crippen molar-refractivity contribution in [2.75, 3.05) is 19.0 Å². The molecule has 170 valence electrons. The van der Waals surface area contributed by atoms with Crippen LogP contribution in [-0.4, -0.2) is 29.2 Å². The molecule has 4 aromatic rings. The molecule has 0 atom stereocenters. The van der Waals surface area contributed by atoms with E-state index < -0.39 is 0 Å². The second-order valence-corrected chi connectivity index (χ2v) is 7.42. The summed E-state index contributed by atoms with van der Waals surface area (Å²) in [5, 5.41) is 3.96. The quantitative estimate of drug-likeness (QED) is 0.370. The highest BCUT2D eigenvalue weighted by Gasteiger charge is 2.20. The average Bonchev–Trinajstić information content (AvgIpc) is 3.12. The predicted molar refractivity (Wildman–Crippen MR) is 129 cm³/mol. The van der Waals surface area contributed by atoms with Gasteiger partial charge in [-0.1, -0.05) is 12.1 Å². The van der Waals surface area contributed by atoms with Crippen molar-refractivity contribution in [3.63, 3.8) is 0 Å². The first kappa shape index (κ1) is 22.2. The molecule has 4 rings (SSSR count). The molecule has 2 aromatic heterocycles. The number of carbonyl (C=O) groups excluding carboxylic acids is 1. The number of carbonyl (C=O) groups is 1. The number of benzene rings is 2. The first-order valence-electron chi connectivity index (χ1n) is 10.9. The number of nitrogens with zero attached hydrogens (tertiary/aromatic N) is 2. The van der Waals surface area contributed by atoms with E-state index in [9.17, 15) is 4.79 Å². The van der Waals surface area contributed by atoms with E-state index in [2.05, 4.69) is 10.3 Å². The van der Waals surface area contributed by atoms with Crippen molar-refractivity contribution < 1.29 is 19.0 Å². The Morgan fingerprint density at radius 2 is 1.85 bits per heavy atom. The van der Waals surface area contributed by atoms with Crippen molar-refractivity contribution in [3.8, 4) is 23.1 Å². The van der Waals surface area contributed by atoms with E-state index >= 15 is 0 Å². The second kappa shape index (κ2) is 9.65. The minimum atomic E-state index is -0.191. The Hall–Kier alpha value is -4.00. The Labute approximate surface area is 192 Å². The van der Waals surface area contributed by atoms with Gasteiger partial charge in [-0.15, -0.1) is 0 Å². The van der Waals surface area contributed by atoms with Crippen LogP contribution in [0.4, 0.5) is 5.69 Å². The number of nitrogens with one attached hydrogen (secondary N) is 1. The Balaban J connectivity index is 1.56. The molecule has 33 heavy (non-hydrogen) atoms. The van der Waals surface area contributed by atoms with Crippen LogP contribution in [-0.2, 0) is 6.54 Å². The normalized spacial score (nSPS) is 10.8. The van der Waals surface area contributed by atoms with E-state index in [0.717, 1.165) is 22.2 Å². The molecule has 1 N–H and O–H groups in total. The fraction of sp³-hybridized carbons (Fsp3) is 0.231. The number of aryl methyl sites for hydroxylation is 2. The average molecular weight is 446 g/mol. The zero-order chi connectivity index (χ0) is 23.4. The molecule has 1 amide bonds. The number of fused-ring (bicyclic) bond motifs is 1. The van der Waals surface area contributed by atoms with Gasteiger partial charge in [0.05, 0.1) is 25.6 Å². The molecule has 0 aliphatic carbocycles. The zero-order valence-corrected chi connectivity index (χ0v) is 19.2. The lowest BCUT2D eigenvalue weighted by atomic mass is 10.1. The standard InChI is InChI=1S/C26H27N3O4/c1-5-29-21-13-12-19(32-6-2)15-20(21)17(3)25(29)26(30)28-18-11-14-24(27-16-18)33-23-10-8-7-9-22(23)31-4/h7-16H,5-6H2,1-4H3,(H,28,30). The summed E-state index contributed by atoms with van der Waals surface area (Å²) in [6.45, 7) is 7.20. The van der Waals surface area contributed by atoms with Crippen molar-refractivity contribution in [2.24, 2.45) is 0 Å². The molecule has 0 unspecified atom stereocenters. The minimum Gasteiger partial charge on any atom is -0.494 e. The predicted octanol–water partition coefficient (Wildman–Crippen LogP) is 5.82. The molecule has 0 saturated carbocycles. The molecule has 7 heteroatoms. The Morgan fingerprint density at radius 3 is 2.52 bits per heavy atom. The molecule has 0 saturated heterocycles. The number of hydrogen-bond acceptors (Lipinski definition) is 5. The molecule has 0 spiro atoms.